The highest BCUT2D eigenvalue weighted by molar-refractivity contribution is 9.10. The first-order valence-corrected chi connectivity index (χ1v) is 5.43. The summed E-state index contributed by atoms with van der Waals surface area (Å²) < 4.78 is 0.931. The Kier molecular flexibility index (Phi) is 4.49. The molecule has 0 radical (unpaired) electrons. The maximum Gasteiger partial charge on any atom is 0.251 e. The molecule has 0 saturated carbocycles. The van der Waals surface area contributed by atoms with Gasteiger partial charge in [-0.2, -0.15) is 0 Å². The molecule has 0 heterocycles. The van der Waals surface area contributed by atoms with Gasteiger partial charge in [-0.05, 0) is 31.2 Å². The molecule has 0 aromatic heterocycles. The molecule has 0 aliphatic heterocycles. The lowest BCUT2D eigenvalue weighted by Crippen LogP contribution is -2.32. The van der Waals surface area contributed by atoms with Crippen molar-refractivity contribution in [2.24, 2.45) is 0 Å². The molecular formula is C11H12BrNO2. The van der Waals surface area contributed by atoms with Crippen LogP contribution < -0.4 is 5.32 Å². The van der Waals surface area contributed by atoms with Crippen LogP contribution >= 0.6 is 15.9 Å². The molecule has 1 rings (SSSR count). The second-order valence-corrected chi connectivity index (χ2v) is 4.20. The summed E-state index contributed by atoms with van der Waals surface area (Å²) in [4.78, 5) is 21.8. The Morgan fingerprint density at radius 3 is 2.60 bits per heavy atom. The summed E-state index contributed by atoms with van der Waals surface area (Å²) in [5.41, 5.74) is 0.593. The van der Waals surface area contributed by atoms with E-state index < -0.39 is 0 Å². The Bertz CT molecular complexity index is 348. The summed E-state index contributed by atoms with van der Waals surface area (Å²) in [6, 6.07) is 6.94. The predicted octanol–water partition coefficient (Wildman–Crippen LogP) is 2.16. The number of aldehydes is 1. The summed E-state index contributed by atoms with van der Waals surface area (Å²) in [6.45, 7) is 1.80. The molecule has 1 unspecified atom stereocenters. The molecule has 0 saturated heterocycles. The van der Waals surface area contributed by atoms with E-state index >= 15 is 0 Å². The van der Waals surface area contributed by atoms with Gasteiger partial charge in [0, 0.05) is 22.5 Å². The van der Waals surface area contributed by atoms with Crippen LogP contribution in [0.3, 0.4) is 0 Å². The monoisotopic (exact) mass is 269 g/mol. The largest absolute Gasteiger partial charge is 0.349 e. The van der Waals surface area contributed by atoms with Crippen molar-refractivity contribution in [2.45, 2.75) is 19.4 Å². The van der Waals surface area contributed by atoms with Crippen LogP contribution in [0.25, 0.3) is 0 Å². The quantitative estimate of drug-likeness (QED) is 0.852. The van der Waals surface area contributed by atoms with Gasteiger partial charge in [-0.15, -0.1) is 0 Å². The van der Waals surface area contributed by atoms with E-state index in [2.05, 4.69) is 21.2 Å². The number of hydrogen-bond acceptors (Lipinski definition) is 2. The van der Waals surface area contributed by atoms with Crippen molar-refractivity contribution in [1.29, 1.82) is 0 Å². The fourth-order valence-electron chi connectivity index (χ4n) is 1.11. The van der Waals surface area contributed by atoms with Crippen LogP contribution in [0.5, 0.6) is 0 Å². The summed E-state index contributed by atoms with van der Waals surface area (Å²) in [6.07, 6.45) is 1.13. The Labute approximate surface area is 97.0 Å². The van der Waals surface area contributed by atoms with E-state index in [0.29, 0.717) is 12.0 Å². The molecule has 1 atom stereocenters. The number of carbonyl (C=O) groups is 2. The van der Waals surface area contributed by atoms with Gasteiger partial charge in [0.25, 0.3) is 5.91 Å². The first kappa shape index (κ1) is 11.9. The van der Waals surface area contributed by atoms with Crippen LogP contribution in [-0.4, -0.2) is 18.2 Å². The molecule has 0 fully saturated rings. The highest BCUT2D eigenvalue weighted by Gasteiger charge is 2.08. The first-order chi connectivity index (χ1) is 7.13. The van der Waals surface area contributed by atoms with Crippen molar-refractivity contribution in [3.05, 3.63) is 34.3 Å². The normalized spacial score (nSPS) is 11.9. The van der Waals surface area contributed by atoms with Crippen molar-refractivity contribution < 1.29 is 9.59 Å². The molecule has 0 aliphatic carbocycles. The van der Waals surface area contributed by atoms with E-state index in [1.807, 2.05) is 0 Å². The van der Waals surface area contributed by atoms with Crippen LogP contribution in [0.2, 0.25) is 0 Å². The van der Waals surface area contributed by atoms with Gasteiger partial charge in [0.05, 0.1) is 0 Å². The van der Waals surface area contributed by atoms with E-state index in [0.717, 1.165) is 10.8 Å². The highest BCUT2D eigenvalue weighted by atomic mass is 79.9. The van der Waals surface area contributed by atoms with Gasteiger partial charge >= 0.3 is 0 Å². The van der Waals surface area contributed by atoms with Crippen molar-refractivity contribution >= 4 is 28.1 Å². The lowest BCUT2D eigenvalue weighted by molar-refractivity contribution is -0.108. The first-order valence-electron chi connectivity index (χ1n) is 4.63. The van der Waals surface area contributed by atoms with Crippen molar-refractivity contribution in [3.63, 3.8) is 0 Å². The highest BCUT2D eigenvalue weighted by Crippen LogP contribution is 2.10. The third kappa shape index (κ3) is 3.83. The van der Waals surface area contributed by atoms with E-state index in [1.165, 1.54) is 0 Å². The van der Waals surface area contributed by atoms with Gasteiger partial charge in [0.15, 0.2) is 0 Å². The van der Waals surface area contributed by atoms with Gasteiger partial charge in [0.2, 0.25) is 0 Å². The molecule has 1 aromatic rings. The molecule has 15 heavy (non-hydrogen) atoms. The average molecular weight is 270 g/mol. The van der Waals surface area contributed by atoms with Gasteiger partial charge in [0.1, 0.15) is 6.29 Å². The van der Waals surface area contributed by atoms with Crippen LogP contribution in [0, 0.1) is 0 Å². The van der Waals surface area contributed by atoms with Crippen LogP contribution in [0.1, 0.15) is 23.7 Å². The topological polar surface area (TPSA) is 46.2 Å². The van der Waals surface area contributed by atoms with Crippen LogP contribution in [0.15, 0.2) is 28.7 Å². The number of hydrogen-bond donors (Lipinski definition) is 1. The maximum absolute atomic E-state index is 11.6. The molecule has 1 N–H and O–H groups in total. The van der Waals surface area contributed by atoms with Gasteiger partial charge < -0.3 is 10.1 Å². The zero-order valence-electron chi connectivity index (χ0n) is 8.37. The molecule has 1 amide bonds. The SMILES string of the molecule is CC(CC=O)NC(=O)c1ccc(Br)cc1. The Hall–Kier alpha value is -1.16. The second kappa shape index (κ2) is 5.66. The summed E-state index contributed by atoms with van der Waals surface area (Å²) in [5, 5.41) is 2.73. The van der Waals surface area contributed by atoms with E-state index in [9.17, 15) is 9.59 Å². The molecule has 4 heteroatoms. The number of benzene rings is 1. The smallest absolute Gasteiger partial charge is 0.251 e. The maximum atomic E-state index is 11.6. The summed E-state index contributed by atoms with van der Waals surface area (Å²) in [7, 11) is 0. The van der Waals surface area contributed by atoms with Crippen LogP contribution in [0.4, 0.5) is 0 Å². The fraction of sp³-hybridized carbons (Fsp3) is 0.273. The minimum atomic E-state index is -0.156. The zero-order chi connectivity index (χ0) is 11.3. The van der Waals surface area contributed by atoms with Crippen molar-refractivity contribution in [3.8, 4) is 0 Å². The minimum Gasteiger partial charge on any atom is -0.349 e. The number of carbonyl (C=O) groups excluding carboxylic acids is 2. The van der Waals surface area contributed by atoms with Crippen molar-refractivity contribution in [1.82, 2.24) is 5.32 Å². The lowest BCUT2D eigenvalue weighted by atomic mass is 10.2. The molecule has 1 aromatic carbocycles. The average Bonchev–Trinajstić information content (AvgIpc) is 2.18. The van der Waals surface area contributed by atoms with Gasteiger partial charge in [-0.3, -0.25) is 4.79 Å². The predicted molar refractivity (Wildman–Crippen MR) is 61.8 cm³/mol. The fourth-order valence-corrected chi connectivity index (χ4v) is 1.38. The number of halogens is 1. The van der Waals surface area contributed by atoms with Crippen molar-refractivity contribution in [2.75, 3.05) is 0 Å². The second-order valence-electron chi connectivity index (χ2n) is 3.28. The van der Waals surface area contributed by atoms with Gasteiger partial charge in [-0.25, -0.2) is 0 Å². The number of amides is 1. The lowest BCUT2D eigenvalue weighted by Gasteiger charge is -2.10. The molecule has 0 bridgehead atoms. The molecular weight excluding hydrogens is 258 g/mol. The number of rotatable bonds is 4. The van der Waals surface area contributed by atoms with Crippen LogP contribution in [-0.2, 0) is 4.79 Å². The zero-order valence-corrected chi connectivity index (χ0v) is 9.95. The Morgan fingerprint density at radius 1 is 1.47 bits per heavy atom. The third-order valence-electron chi connectivity index (χ3n) is 1.93. The summed E-state index contributed by atoms with van der Waals surface area (Å²) >= 11 is 3.29. The van der Waals surface area contributed by atoms with E-state index in [1.54, 1.807) is 31.2 Å². The Morgan fingerprint density at radius 2 is 2.07 bits per heavy atom. The molecule has 80 valence electrons. The number of nitrogens with one attached hydrogen (secondary N) is 1. The summed E-state index contributed by atoms with van der Waals surface area (Å²) in [5.74, 6) is -0.156. The van der Waals surface area contributed by atoms with E-state index in [4.69, 9.17) is 0 Å². The van der Waals surface area contributed by atoms with E-state index in [-0.39, 0.29) is 11.9 Å². The molecule has 0 spiro atoms. The van der Waals surface area contributed by atoms with Gasteiger partial charge in [-0.1, -0.05) is 15.9 Å². The minimum absolute atomic E-state index is 0.126. The molecule has 3 nitrogen and oxygen atoms in total. The Balaban J connectivity index is 2.61. The third-order valence-corrected chi connectivity index (χ3v) is 2.46. The molecule has 0 aliphatic rings. The standard InChI is InChI=1S/C11H12BrNO2/c1-8(6-7-14)13-11(15)9-2-4-10(12)5-3-9/h2-5,7-8H,6H2,1H3,(H,13,15).